The van der Waals surface area contributed by atoms with Crippen LogP contribution in [0.1, 0.15) is 46.1 Å². The number of nitrogens with one attached hydrogen (secondary N) is 1. The highest BCUT2D eigenvalue weighted by Gasteiger charge is 2.25. The first-order chi connectivity index (χ1) is 12.9. The molecule has 7 nitrogen and oxygen atoms in total. The van der Waals surface area contributed by atoms with Crippen LogP contribution < -0.4 is 5.32 Å². The zero-order valence-corrected chi connectivity index (χ0v) is 15.8. The summed E-state index contributed by atoms with van der Waals surface area (Å²) in [6, 6.07) is 4.97. The van der Waals surface area contributed by atoms with Crippen LogP contribution in [0.25, 0.3) is 0 Å². The van der Waals surface area contributed by atoms with Gasteiger partial charge in [-0.3, -0.25) is 9.69 Å². The molecule has 1 aliphatic rings. The van der Waals surface area contributed by atoms with Gasteiger partial charge in [-0.1, -0.05) is 6.07 Å². The molecular weight excluding hydrogens is 344 g/mol. The number of imidazole rings is 1. The monoisotopic (exact) mass is 370 g/mol. The van der Waals surface area contributed by atoms with Crippen LogP contribution in [0.5, 0.6) is 0 Å². The standard InChI is InChI=1S/C20H26N4O3/c1-14-5-6-15(20(26)27)10-17(14)11-22-18(25)13-24-8-3-4-16(12-24)19-21-7-9-23(19)2/h5-7,9-10,16H,3-4,8,11-13H2,1-2H3,(H,22,25)(H,26,27). The number of carbonyl (C=O) groups excluding carboxylic acids is 1. The van der Waals surface area contributed by atoms with Gasteiger partial charge in [0.2, 0.25) is 5.91 Å². The van der Waals surface area contributed by atoms with E-state index in [1.165, 1.54) is 0 Å². The Hall–Kier alpha value is -2.67. The smallest absolute Gasteiger partial charge is 0.335 e. The van der Waals surface area contributed by atoms with Gasteiger partial charge in [-0.25, -0.2) is 9.78 Å². The number of likely N-dealkylation sites (tertiary alicyclic amines) is 1. The molecule has 1 aromatic carbocycles. The van der Waals surface area contributed by atoms with Gasteiger partial charge in [0.05, 0.1) is 12.1 Å². The van der Waals surface area contributed by atoms with Gasteiger partial charge in [-0.05, 0) is 49.6 Å². The summed E-state index contributed by atoms with van der Waals surface area (Å²) in [4.78, 5) is 30.1. The molecule has 2 N–H and O–H groups in total. The lowest BCUT2D eigenvalue weighted by Crippen LogP contribution is -2.42. The minimum Gasteiger partial charge on any atom is -0.478 e. The summed E-state index contributed by atoms with van der Waals surface area (Å²) >= 11 is 0. The number of hydrogen-bond acceptors (Lipinski definition) is 4. The number of nitrogens with zero attached hydrogens (tertiary/aromatic N) is 3. The zero-order valence-electron chi connectivity index (χ0n) is 15.8. The van der Waals surface area contributed by atoms with Gasteiger partial charge < -0.3 is 15.0 Å². The molecule has 1 amide bonds. The Morgan fingerprint density at radius 2 is 2.19 bits per heavy atom. The molecule has 1 atom stereocenters. The van der Waals surface area contributed by atoms with Gasteiger partial charge in [-0.15, -0.1) is 0 Å². The number of amides is 1. The third-order valence-corrected chi connectivity index (χ3v) is 5.17. The molecule has 1 fully saturated rings. The fraction of sp³-hybridized carbons (Fsp3) is 0.450. The molecule has 0 bridgehead atoms. The van der Waals surface area contributed by atoms with Crippen molar-refractivity contribution in [2.24, 2.45) is 7.05 Å². The number of carbonyl (C=O) groups is 2. The van der Waals surface area contributed by atoms with Crippen molar-refractivity contribution in [2.75, 3.05) is 19.6 Å². The minimum atomic E-state index is -0.962. The lowest BCUT2D eigenvalue weighted by Gasteiger charge is -2.31. The van der Waals surface area contributed by atoms with Crippen molar-refractivity contribution in [3.8, 4) is 0 Å². The molecule has 1 saturated heterocycles. The first-order valence-corrected chi connectivity index (χ1v) is 9.23. The molecular formula is C20H26N4O3. The van der Waals surface area contributed by atoms with Crippen molar-refractivity contribution in [3.05, 3.63) is 53.1 Å². The molecule has 1 aliphatic heterocycles. The maximum Gasteiger partial charge on any atom is 0.335 e. The summed E-state index contributed by atoms with van der Waals surface area (Å²) in [5, 5.41) is 12.0. The number of rotatable bonds is 6. The summed E-state index contributed by atoms with van der Waals surface area (Å²) in [5.41, 5.74) is 2.03. The van der Waals surface area contributed by atoms with E-state index in [1.54, 1.807) is 18.2 Å². The van der Waals surface area contributed by atoms with Crippen molar-refractivity contribution in [1.82, 2.24) is 19.8 Å². The Bertz CT molecular complexity index is 830. The number of hydrogen-bond donors (Lipinski definition) is 2. The second-order valence-electron chi connectivity index (χ2n) is 7.19. The van der Waals surface area contributed by atoms with Gasteiger partial charge in [0.25, 0.3) is 0 Å². The van der Waals surface area contributed by atoms with Crippen molar-refractivity contribution in [1.29, 1.82) is 0 Å². The number of aromatic carboxylic acids is 1. The number of benzene rings is 1. The first kappa shape index (κ1) is 19.1. The summed E-state index contributed by atoms with van der Waals surface area (Å²) in [6.07, 6.45) is 5.90. The zero-order chi connectivity index (χ0) is 19.4. The van der Waals surface area contributed by atoms with Crippen LogP contribution in [-0.2, 0) is 18.4 Å². The van der Waals surface area contributed by atoms with Crippen LogP contribution in [0.15, 0.2) is 30.6 Å². The Kier molecular flexibility index (Phi) is 5.91. The Morgan fingerprint density at radius 1 is 1.37 bits per heavy atom. The number of aromatic nitrogens is 2. The second kappa shape index (κ2) is 8.35. The lowest BCUT2D eigenvalue weighted by molar-refractivity contribution is -0.122. The van der Waals surface area contributed by atoms with Gasteiger partial charge in [-0.2, -0.15) is 0 Å². The molecule has 3 rings (SSSR count). The number of piperidine rings is 1. The highest BCUT2D eigenvalue weighted by molar-refractivity contribution is 5.88. The van der Waals surface area contributed by atoms with E-state index in [-0.39, 0.29) is 11.5 Å². The van der Waals surface area contributed by atoms with Crippen molar-refractivity contribution < 1.29 is 14.7 Å². The van der Waals surface area contributed by atoms with Crippen LogP contribution in [-0.4, -0.2) is 51.1 Å². The van der Waals surface area contributed by atoms with E-state index in [2.05, 4.69) is 15.2 Å². The topological polar surface area (TPSA) is 87.5 Å². The molecule has 1 unspecified atom stereocenters. The molecule has 2 heterocycles. The maximum absolute atomic E-state index is 12.4. The molecule has 0 spiro atoms. The van der Waals surface area contributed by atoms with Crippen molar-refractivity contribution >= 4 is 11.9 Å². The second-order valence-corrected chi connectivity index (χ2v) is 7.19. The third-order valence-electron chi connectivity index (χ3n) is 5.17. The summed E-state index contributed by atoms with van der Waals surface area (Å²) < 4.78 is 2.05. The van der Waals surface area contributed by atoms with Crippen LogP contribution in [0, 0.1) is 6.92 Å². The predicted molar refractivity (Wildman–Crippen MR) is 102 cm³/mol. The fourth-order valence-electron chi connectivity index (χ4n) is 3.63. The molecule has 0 radical (unpaired) electrons. The van der Waals surface area contributed by atoms with E-state index >= 15 is 0 Å². The average molecular weight is 370 g/mol. The van der Waals surface area contributed by atoms with Gasteiger partial charge in [0.15, 0.2) is 0 Å². The normalized spacial score (nSPS) is 17.6. The molecule has 7 heteroatoms. The quantitative estimate of drug-likeness (QED) is 0.811. The average Bonchev–Trinajstić information content (AvgIpc) is 3.07. The highest BCUT2D eigenvalue weighted by Crippen LogP contribution is 2.25. The van der Waals surface area contributed by atoms with Gasteiger partial charge >= 0.3 is 5.97 Å². The largest absolute Gasteiger partial charge is 0.478 e. The van der Waals surface area contributed by atoms with E-state index in [9.17, 15) is 9.59 Å². The van der Waals surface area contributed by atoms with Crippen LogP contribution in [0.4, 0.5) is 0 Å². The minimum absolute atomic E-state index is 0.0457. The molecule has 0 aliphatic carbocycles. The SMILES string of the molecule is Cc1ccc(C(=O)O)cc1CNC(=O)CN1CCCC(c2nccn2C)C1. The molecule has 0 saturated carbocycles. The van der Waals surface area contributed by atoms with Crippen molar-refractivity contribution in [2.45, 2.75) is 32.2 Å². The Balaban J connectivity index is 1.54. The maximum atomic E-state index is 12.4. The van der Waals surface area contributed by atoms with E-state index < -0.39 is 5.97 Å². The first-order valence-electron chi connectivity index (χ1n) is 9.23. The van der Waals surface area contributed by atoms with Crippen LogP contribution in [0.2, 0.25) is 0 Å². The van der Waals surface area contributed by atoms with Gasteiger partial charge in [0, 0.05) is 38.4 Å². The van der Waals surface area contributed by atoms with E-state index in [1.807, 2.05) is 30.9 Å². The van der Waals surface area contributed by atoms with Crippen LogP contribution in [0.3, 0.4) is 0 Å². The predicted octanol–water partition coefficient (Wildman–Crippen LogP) is 1.92. The van der Waals surface area contributed by atoms with E-state index in [0.29, 0.717) is 19.0 Å². The Morgan fingerprint density at radius 3 is 2.89 bits per heavy atom. The summed E-state index contributed by atoms with van der Waals surface area (Å²) in [5.74, 6) is 0.411. The van der Waals surface area contributed by atoms with E-state index in [0.717, 1.165) is 42.9 Å². The Labute approximate surface area is 159 Å². The van der Waals surface area contributed by atoms with Crippen molar-refractivity contribution in [3.63, 3.8) is 0 Å². The van der Waals surface area contributed by atoms with Crippen LogP contribution >= 0.6 is 0 Å². The third kappa shape index (κ3) is 4.74. The highest BCUT2D eigenvalue weighted by atomic mass is 16.4. The molecule has 27 heavy (non-hydrogen) atoms. The lowest BCUT2D eigenvalue weighted by atomic mass is 9.97. The molecule has 2 aromatic rings. The fourth-order valence-corrected chi connectivity index (χ4v) is 3.63. The number of aryl methyl sites for hydroxylation is 2. The number of carboxylic acid groups (broad SMARTS) is 1. The molecule has 144 valence electrons. The number of carboxylic acids is 1. The summed E-state index contributed by atoms with van der Waals surface area (Å²) in [6.45, 7) is 4.32. The van der Waals surface area contributed by atoms with Gasteiger partial charge in [0.1, 0.15) is 5.82 Å². The summed E-state index contributed by atoms with van der Waals surface area (Å²) in [7, 11) is 2.00. The van der Waals surface area contributed by atoms with E-state index in [4.69, 9.17) is 5.11 Å². The molecule has 1 aromatic heterocycles.